The molecule has 1 aromatic heterocycles. The first-order chi connectivity index (χ1) is 16.1. The van der Waals surface area contributed by atoms with Gasteiger partial charge in [0.1, 0.15) is 5.82 Å². The summed E-state index contributed by atoms with van der Waals surface area (Å²) < 4.78 is 56.4. The van der Waals surface area contributed by atoms with E-state index in [1.165, 1.54) is 30.3 Å². The molecule has 0 aliphatic carbocycles. The first kappa shape index (κ1) is 28.1. The molecule has 0 fully saturated rings. The van der Waals surface area contributed by atoms with Crippen LogP contribution in [0.5, 0.6) is 0 Å². The van der Waals surface area contributed by atoms with Crippen molar-refractivity contribution in [1.29, 1.82) is 5.41 Å². The number of aromatic nitrogens is 1. The number of aromatic amines is 1. The zero-order valence-electron chi connectivity index (χ0n) is 20.5. The van der Waals surface area contributed by atoms with Crippen molar-refractivity contribution in [3.8, 4) is 0 Å². The minimum Gasteiger partial charge on any atom is -0.402 e. The zero-order valence-corrected chi connectivity index (χ0v) is 20.5. The van der Waals surface area contributed by atoms with Gasteiger partial charge >= 0.3 is 6.18 Å². The minimum absolute atomic E-state index is 0.204. The minimum atomic E-state index is -4.92. The third-order valence-electron chi connectivity index (χ3n) is 5.98. The molecule has 0 saturated carbocycles. The highest BCUT2D eigenvalue weighted by Crippen LogP contribution is 2.43. The van der Waals surface area contributed by atoms with E-state index < -0.39 is 35.9 Å². The van der Waals surface area contributed by atoms with Gasteiger partial charge in [-0.2, -0.15) is 13.2 Å². The van der Waals surface area contributed by atoms with Gasteiger partial charge in [0.25, 0.3) is 0 Å². The van der Waals surface area contributed by atoms with Crippen LogP contribution in [0.1, 0.15) is 54.8 Å². The molecule has 2 rings (SSSR count). The van der Waals surface area contributed by atoms with Gasteiger partial charge in [-0.3, -0.25) is 0 Å². The number of aliphatic hydroxyl groups is 1. The largest absolute Gasteiger partial charge is 0.417 e. The Labute approximate surface area is 203 Å². The molecule has 190 valence electrons. The van der Waals surface area contributed by atoms with E-state index in [2.05, 4.69) is 11.6 Å². The number of benzene rings is 1. The Morgan fingerprint density at radius 2 is 1.86 bits per heavy atom. The maximum Gasteiger partial charge on any atom is 0.417 e. The lowest BCUT2D eigenvalue weighted by Crippen LogP contribution is -2.51. The molecular weight excluding hydrogens is 458 g/mol. The second-order valence-electron chi connectivity index (χ2n) is 9.68. The Balaban J connectivity index is 2.34. The predicted octanol–water partition coefficient (Wildman–Crippen LogP) is 6.43. The summed E-state index contributed by atoms with van der Waals surface area (Å²) in [6.07, 6.45) is -0.0150. The molecule has 0 aliphatic rings. The number of rotatable bonds is 10. The first-order valence-corrected chi connectivity index (χ1v) is 11.1. The van der Waals surface area contributed by atoms with Crippen LogP contribution in [-0.2, 0) is 11.8 Å². The summed E-state index contributed by atoms with van der Waals surface area (Å²) in [5.74, 6) is -0.542. The van der Waals surface area contributed by atoms with Crippen LogP contribution in [0.2, 0.25) is 0 Å². The van der Waals surface area contributed by atoms with Crippen molar-refractivity contribution in [2.45, 2.75) is 64.1 Å². The molecule has 8 heteroatoms. The average Bonchev–Trinajstić information content (AvgIpc) is 3.04. The fourth-order valence-electron chi connectivity index (χ4n) is 4.37. The maximum absolute atomic E-state index is 14.2. The molecule has 1 heterocycles. The molecule has 0 saturated heterocycles. The first-order valence-electron chi connectivity index (χ1n) is 11.1. The average molecular weight is 492 g/mol. The highest BCUT2D eigenvalue weighted by molar-refractivity contribution is 5.68. The van der Waals surface area contributed by atoms with Crippen molar-refractivity contribution in [1.82, 2.24) is 4.98 Å². The van der Waals surface area contributed by atoms with Crippen molar-refractivity contribution in [2.75, 3.05) is 0 Å². The number of allylic oxidation sites excluding steroid dienone is 3. The van der Waals surface area contributed by atoms with E-state index in [0.29, 0.717) is 40.1 Å². The monoisotopic (exact) mass is 491 g/mol. The molecule has 0 amide bonds. The van der Waals surface area contributed by atoms with Gasteiger partial charge in [0, 0.05) is 36.1 Å². The number of hydrogen-bond donors (Lipinski definition) is 4. The fraction of sp³-hybridized carbons (Fsp3) is 0.370. The van der Waals surface area contributed by atoms with Gasteiger partial charge < -0.3 is 21.2 Å². The van der Waals surface area contributed by atoms with Gasteiger partial charge in [-0.25, -0.2) is 4.39 Å². The van der Waals surface area contributed by atoms with E-state index in [0.717, 1.165) is 6.21 Å². The summed E-state index contributed by atoms with van der Waals surface area (Å²) >= 11 is 0. The van der Waals surface area contributed by atoms with Crippen molar-refractivity contribution in [3.05, 3.63) is 88.2 Å². The quantitative estimate of drug-likeness (QED) is 0.175. The molecule has 1 unspecified atom stereocenters. The highest BCUT2D eigenvalue weighted by Gasteiger charge is 2.56. The van der Waals surface area contributed by atoms with E-state index in [1.54, 1.807) is 39.8 Å². The van der Waals surface area contributed by atoms with Gasteiger partial charge in [0.15, 0.2) is 5.60 Å². The van der Waals surface area contributed by atoms with Crippen molar-refractivity contribution in [2.24, 2.45) is 5.73 Å². The SMILES string of the molecule is C=C(/C=C\C=N)C/C(N)=C/c1cc(CC(O)(CC(C)(C)c2cc(F)ccc2C)C(F)(F)F)[nH]c1C. The smallest absolute Gasteiger partial charge is 0.402 e. The van der Waals surface area contributed by atoms with Crippen LogP contribution in [0.25, 0.3) is 6.08 Å². The van der Waals surface area contributed by atoms with Gasteiger partial charge in [0.2, 0.25) is 0 Å². The van der Waals surface area contributed by atoms with Crippen molar-refractivity contribution < 1.29 is 22.7 Å². The molecule has 0 spiro atoms. The van der Waals surface area contributed by atoms with Crippen LogP contribution in [0, 0.1) is 25.1 Å². The Morgan fingerprint density at radius 3 is 2.46 bits per heavy atom. The molecule has 1 aromatic carbocycles. The molecular formula is C27H33F4N3O. The summed E-state index contributed by atoms with van der Waals surface area (Å²) in [6.45, 7) is 10.4. The van der Waals surface area contributed by atoms with E-state index in [4.69, 9.17) is 11.1 Å². The van der Waals surface area contributed by atoms with E-state index in [9.17, 15) is 22.7 Å². The topological polar surface area (TPSA) is 85.9 Å². The fourth-order valence-corrected chi connectivity index (χ4v) is 4.37. The maximum atomic E-state index is 14.2. The number of nitrogens with two attached hydrogens (primary N) is 1. The normalized spacial score (nSPS) is 14.8. The summed E-state index contributed by atoms with van der Waals surface area (Å²) in [4.78, 5) is 2.93. The molecule has 1 atom stereocenters. The molecule has 0 bridgehead atoms. The van der Waals surface area contributed by atoms with Gasteiger partial charge in [-0.1, -0.05) is 32.6 Å². The third kappa shape index (κ3) is 7.18. The number of halogens is 4. The molecule has 0 aliphatic heterocycles. The lowest BCUT2D eigenvalue weighted by Gasteiger charge is -2.38. The molecule has 2 aromatic rings. The number of aryl methyl sites for hydroxylation is 2. The van der Waals surface area contributed by atoms with Crippen LogP contribution in [0.4, 0.5) is 17.6 Å². The lowest BCUT2D eigenvalue weighted by molar-refractivity contribution is -0.266. The van der Waals surface area contributed by atoms with Gasteiger partial charge in [0.05, 0.1) is 0 Å². The van der Waals surface area contributed by atoms with Crippen molar-refractivity contribution >= 4 is 12.3 Å². The Hall–Kier alpha value is -3.13. The Kier molecular flexibility index (Phi) is 8.55. The van der Waals surface area contributed by atoms with Crippen LogP contribution >= 0.6 is 0 Å². The number of hydrogen-bond acceptors (Lipinski definition) is 3. The second-order valence-corrected chi connectivity index (χ2v) is 9.68. The molecule has 0 radical (unpaired) electrons. The lowest BCUT2D eigenvalue weighted by atomic mass is 9.72. The van der Waals surface area contributed by atoms with Gasteiger partial charge in [-0.15, -0.1) is 0 Å². The zero-order chi connectivity index (χ0) is 26.6. The van der Waals surface area contributed by atoms with E-state index in [1.807, 2.05) is 0 Å². The number of H-pyrrole nitrogens is 1. The van der Waals surface area contributed by atoms with E-state index in [-0.39, 0.29) is 5.69 Å². The van der Waals surface area contributed by atoms with Crippen LogP contribution in [0.3, 0.4) is 0 Å². The molecule has 4 nitrogen and oxygen atoms in total. The molecule has 35 heavy (non-hydrogen) atoms. The standard InChI is InChI=1S/C27H33F4N3O/c1-17(7-6-10-32)11-22(33)12-20-13-23(34-19(20)3)15-26(35,27(29,30)31)16-25(4,5)24-14-21(28)9-8-18(24)2/h6-10,12-14,32,34-35H,1,11,15-16,33H2,2-5H3/b7-6-,22-12-,32-10?. The summed E-state index contributed by atoms with van der Waals surface area (Å²) in [7, 11) is 0. The van der Waals surface area contributed by atoms with E-state index >= 15 is 0 Å². The summed E-state index contributed by atoms with van der Waals surface area (Å²) in [5, 5.41) is 17.9. The third-order valence-corrected chi connectivity index (χ3v) is 5.98. The van der Waals surface area contributed by atoms with Gasteiger partial charge in [-0.05, 0) is 78.3 Å². The molecule has 5 N–H and O–H groups in total. The highest BCUT2D eigenvalue weighted by atomic mass is 19.4. The van der Waals surface area contributed by atoms with Crippen LogP contribution in [0.15, 0.2) is 54.3 Å². The van der Waals surface area contributed by atoms with Crippen molar-refractivity contribution in [3.63, 3.8) is 0 Å². The summed E-state index contributed by atoms with van der Waals surface area (Å²) in [6, 6.07) is 5.54. The Bertz CT molecular complexity index is 1140. The predicted molar refractivity (Wildman–Crippen MR) is 133 cm³/mol. The number of alkyl halides is 3. The Morgan fingerprint density at radius 1 is 1.20 bits per heavy atom. The van der Waals surface area contributed by atoms with Crippen LogP contribution in [-0.4, -0.2) is 28.1 Å². The second kappa shape index (κ2) is 10.6. The summed E-state index contributed by atoms with van der Waals surface area (Å²) in [5.41, 5.74) is 5.46. The van der Waals surface area contributed by atoms with Crippen LogP contribution < -0.4 is 5.73 Å². The number of nitrogens with one attached hydrogen (secondary N) is 2.